The van der Waals surface area contributed by atoms with Gasteiger partial charge in [-0.25, -0.2) is 0 Å². The summed E-state index contributed by atoms with van der Waals surface area (Å²) in [4.78, 5) is 14.3. The second-order valence-electron chi connectivity index (χ2n) is 6.13. The third kappa shape index (κ3) is 4.17. The molecule has 2 rings (SSSR count). The van der Waals surface area contributed by atoms with Crippen molar-refractivity contribution in [3.05, 3.63) is 24.0 Å². The maximum absolute atomic E-state index is 12.4. The van der Waals surface area contributed by atoms with E-state index in [1.807, 2.05) is 18.1 Å². The fourth-order valence-electron chi connectivity index (χ4n) is 2.69. The first kappa shape index (κ1) is 15.8. The summed E-state index contributed by atoms with van der Waals surface area (Å²) in [7, 11) is 1.87. The summed E-state index contributed by atoms with van der Waals surface area (Å²) in [6, 6.07) is 0.287. The first-order valence-electron chi connectivity index (χ1n) is 7.67. The summed E-state index contributed by atoms with van der Waals surface area (Å²) in [5, 5.41) is 7.60. The van der Waals surface area contributed by atoms with Gasteiger partial charge >= 0.3 is 0 Å². The van der Waals surface area contributed by atoms with E-state index in [4.69, 9.17) is 0 Å². The molecule has 0 unspecified atom stereocenters. The van der Waals surface area contributed by atoms with E-state index in [1.54, 1.807) is 10.9 Å². The van der Waals surface area contributed by atoms with Gasteiger partial charge in [0.15, 0.2) is 0 Å². The zero-order valence-electron chi connectivity index (χ0n) is 13.5. The van der Waals surface area contributed by atoms with Gasteiger partial charge in [-0.1, -0.05) is 11.6 Å². The van der Waals surface area contributed by atoms with E-state index in [0.29, 0.717) is 6.04 Å². The number of rotatable bonds is 6. The quantitative estimate of drug-likeness (QED) is 0.818. The molecule has 0 aromatic carbocycles. The molecule has 1 aromatic rings. The molecule has 1 aliphatic rings. The number of nitrogens with one attached hydrogen (secondary N) is 1. The van der Waals surface area contributed by atoms with Gasteiger partial charge in [0.05, 0.1) is 17.9 Å². The van der Waals surface area contributed by atoms with Gasteiger partial charge in [0.2, 0.25) is 5.91 Å². The lowest BCUT2D eigenvalue weighted by Gasteiger charge is -2.19. The lowest BCUT2D eigenvalue weighted by molar-refractivity contribution is -0.119. The van der Waals surface area contributed by atoms with Crippen LogP contribution >= 0.6 is 0 Å². The van der Waals surface area contributed by atoms with Crippen molar-refractivity contribution in [2.24, 2.45) is 7.05 Å². The number of aromatic nitrogens is 2. The summed E-state index contributed by atoms with van der Waals surface area (Å²) in [5.41, 5.74) is 2.24. The molecule has 1 aromatic heterocycles. The molecule has 1 aliphatic heterocycles. The number of carbonyl (C=O) groups is 1. The van der Waals surface area contributed by atoms with Gasteiger partial charge < -0.3 is 10.2 Å². The Balaban J connectivity index is 1.85. The highest BCUT2D eigenvalue weighted by molar-refractivity contribution is 5.99. The Morgan fingerprint density at radius 2 is 2.33 bits per heavy atom. The SMILES string of the molecule is CC(C)=CCC[C@H](C)N[C@@H]1CCN(c2cnn(C)c2)C1=O. The fourth-order valence-corrected chi connectivity index (χ4v) is 2.69. The smallest absolute Gasteiger partial charge is 0.244 e. The summed E-state index contributed by atoms with van der Waals surface area (Å²) < 4.78 is 1.73. The van der Waals surface area contributed by atoms with Gasteiger partial charge in [-0.15, -0.1) is 0 Å². The molecule has 1 N–H and O–H groups in total. The highest BCUT2D eigenvalue weighted by atomic mass is 16.2. The highest BCUT2D eigenvalue weighted by Crippen LogP contribution is 2.21. The van der Waals surface area contributed by atoms with Gasteiger partial charge in [-0.3, -0.25) is 9.48 Å². The van der Waals surface area contributed by atoms with E-state index in [9.17, 15) is 4.79 Å². The first-order chi connectivity index (χ1) is 9.97. The summed E-state index contributed by atoms with van der Waals surface area (Å²) >= 11 is 0. The Hall–Kier alpha value is -1.62. The number of aryl methyl sites for hydroxylation is 1. The largest absolute Gasteiger partial charge is 0.308 e. The Bertz CT molecular complexity index is 516. The maximum atomic E-state index is 12.4. The van der Waals surface area contributed by atoms with Crippen LogP contribution in [0.5, 0.6) is 0 Å². The van der Waals surface area contributed by atoms with Crippen LogP contribution in [0.2, 0.25) is 0 Å². The average Bonchev–Trinajstić information content (AvgIpc) is 2.97. The first-order valence-corrected chi connectivity index (χ1v) is 7.67. The minimum atomic E-state index is -0.0630. The standard InChI is InChI=1S/C16H26N4O/c1-12(2)6-5-7-13(3)18-15-8-9-20(16(15)21)14-10-17-19(4)11-14/h6,10-11,13,15,18H,5,7-9H2,1-4H3/t13-,15+/m0/s1. The van der Waals surface area contributed by atoms with Crippen LogP contribution in [-0.4, -0.2) is 34.3 Å². The number of carbonyl (C=O) groups excluding carboxylic acids is 1. The topological polar surface area (TPSA) is 50.2 Å². The molecule has 1 saturated heterocycles. The van der Waals surface area contributed by atoms with Crippen LogP contribution in [0.1, 0.15) is 40.0 Å². The molecule has 1 amide bonds. The molecule has 1 fully saturated rings. The van der Waals surface area contributed by atoms with Crippen molar-refractivity contribution in [2.45, 2.75) is 52.1 Å². The number of hydrogen-bond acceptors (Lipinski definition) is 3. The van der Waals surface area contributed by atoms with Gasteiger partial charge in [-0.05, 0) is 40.0 Å². The molecule has 0 saturated carbocycles. The summed E-state index contributed by atoms with van der Waals surface area (Å²) in [6.07, 6.45) is 8.86. The van der Waals surface area contributed by atoms with Crippen molar-refractivity contribution >= 4 is 11.6 Å². The Kier molecular flexibility index (Phi) is 5.17. The van der Waals surface area contributed by atoms with E-state index in [2.05, 4.69) is 37.3 Å². The van der Waals surface area contributed by atoms with Gasteiger partial charge in [0, 0.05) is 25.8 Å². The van der Waals surface area contributed by atoms with Gasteiger partial charge in [-0.2, -0.15) is 5.10 Å². The predicted octanol–water partition coefficient (Wildman–Crippen LogP) is 2.25. The van der Waals surface area contributed by atoms with Crippen molar-refractivity contribution in [1.29, 1.82) is 0 Å². The van der Waals surface area contributed by atoms with E-state index >= 15 is 0 Å². The van der Waals surface area contributed by atoms with Gasteiger partial charge in [0.1, 0.15) is 0 Å². The summed E-state index contributed by atoms with van der Waals surface area (Å²) in [5.74, 6) is 0.164. The number of anilines is 1. The number of nitrogens with zero attached hydrogens (tertiary/aromatic N) is 3. The Morgan fingerprint density at radius 3 is 2.95 bits per heavy atom. The molecule has 116 valence electrons. The van der Waals surface area contributed by atoms with Crippen LogP contribution in [0.3, 0.4) is 0 Å². The Morgan fingerprint density at radius 1 is 1.57 bits per heavy atom. The van der Waals surface area contributed by atoms with Crippen molar-refractivity contribution < 1.29 is 4.79 Å². The lowest BCUT2D eigenvalue weighted by Crippen LogP contribution is -2.42. The molecular formula is C16H26N4O. The number of hydrogen-bond donors (Lipinski definition) is 1. The average molecular weight is 290 g/mol. The van der Waals surface area contributed by atoms with E-state index in [-0.39, 0.29) is 11.9 Å². The van der Waals surface area contributed by atoms with Crippen LogP contribution in [0.4, 0.5) is 5.69 Å². The molecule has 0 aliphatic carbocycles. The lowest BCUT2D eigenvalue weighted by atomic mass is 10.1. The summed E-state index contributed by atoms with van der Waals surface area (Å²) in [6.45, 7) is 7.15. The van der Waals surface area contributed by atoms with Crippen LogP contribution in [0.25, 0.3) is 0 Å². The molecule has 5 nitrogen and oxygen atoms in total. The third-order valence-corrected chi connectivity index (χ3v) is 3.85. The van der Waals surface area contributed by atoms with Gasteiger partial charge in [0.25, 0.3) is 0 Å². The number of allylic oxidation sites excluding steroid dienone is 2. The Labute approximate surface area is 127 Å². The third-order valence-electron chi connectivity index (χ3n) is 3.85. The zero-order valence-corrected chi connectivity index (χ0v) is 13.5. The monoisotopic (exact) mass is 290 g/mol. The molecule has 2 heterocycles. The van der Waals surface area contributed by atoms with Crippen LogP contribution in [-0.2, 0) is 11.8 Å². The normalized spacial score (nSPS) is 19.9. The molecule has 2 atom stereocenters. The number of amides is 1. The molecule has 5 heteroatoms. The molecule has 0 spiro atoms. The second-order valence-corrected chi connectivity index (χ2v) is 6.13. The maximum Gasteiger partial charge on any atom is 0.244 e. The molecular weight excluding hydrogens is 264 g/mol. The van der Waals surface area contributed by atoms with E-state index in [0.717, 1.165) is 31.5 Å². The molecule has 21 heavy (non-hydrogen) atoms. The van der Waals surface area contributed by atoms with Crippen molar-refractivity contribution in [3.63, 3.8) is 0 Å². The highest BCUT2D eigenvalue weighted by Gasteiger charge is 2.33. The predicted molar refractivity (Wildman–Crippen MR) is 85.2 cm³/mol. The fraction of sp³-hybridized carbons (Fsp3) is 0.625. The van der Waals surface area contributed by atoms with Crippen LogP contribution in [0, 0.1) is 0 Å². The van der Waals surface area contributed by atoms with E-state index < -0.39 is 0 Å². The van der Waals surface area contributed by atoms with Crippen molar-refractivity contribution in [3.8, 4) is 0 Å². The minimum Gasteiger partial charge on any atom is -0.308 e. The van der Waals surface area contributed by atoms with E-state index in [1.165, 1.54) is 5.57 Å². The zero-order chi connectivity index (χ0) is 15.4. The van der Waals surface area contributed by atoms with Crippen molar-refractivity contribution in [1.82, 2.24) is 15.1 Å². The van der Waals surface area contributed by atoms with Crippen LogP contribution in [0.15, 0.2) is 24.0 Å². The second kappa shape index (κ2) is 6.89. The molecule has 0 radical (unpaired) electrons. The molecule has 0 bridgehead atoms. The van der Waals surface area contributed by atoms with Crippen molar-refractivity contribution in [2.75, 3.05) is 11.4 Å². The minimum absolute atomic E-state index is 0.0630. The van der Waals surface area contributed by atoms with Crippen LogP contribution < -0.4 is 10.2 Å².